The molecule has 2 aromatic carbocycles. The molecule has 1 aromatic heterocycles. The molecule has 5 nitrogen and oxygen atoms in total. The van der Waals surface area contributed by atoms with Crippen LogP contribution in [-0.4, -0.2) is 22.8 Å². The van der Waals surface area contributed by atoms with Gasteiger partial charge in [-0.1, -0.05) is 18.2 Å². The molecule has 1 aliphatic heterocycles. The molecule has 5 heteroatoms. The standard InChI is InChI=1S/C19H19N3O2/c1-3-6-22-16-11-18-17(23-7-8-24-18)10-15(16)21-19(22)13-5-4-12(2)14(20)9-13/h3-5,9-11H,1,6-8,20H2,2H3. The van der Waals surface area contributed by atoms with E-state index in [2.05, 4.69) is 11.1 Å². The highest BCUT2D eigenvalue weighted by Gasteiger charge is 2.18. The molecule has 0 radical (unpaired) electrons. The van der Waals surface area contributed by atoms with E-state index in [1.165, 1.54) is 0 Å². The minimum Gasteiger partial charge on any atom is -0.486 e. The molecule has 0 amide bonds. The van der Waals surface area contributed by atoms with Crippen LogP contribution in [0.2, 0.25) is 0 Å². The third kappa shape index (κ3) is 2.29. The summed E-state index contributed by atoms with van der Waals surface area (Å²) < 4.78 is 13.5. The van der Waals surface area contributed by atoms with Crippen molar-refractivity contribution in [2.45, 2.75) is 13.5 Å². The maximum Gasteiger partial charge on any atom is 0.163 e. The Bertz CT molecular complexity index is 943. The number of hydrogen-bond donors (Lipinski definition) is 1. The molecule has 0 saturated heterocycles. The number of nitrogens with zero attached hydrogens (tertiary/aromatic N) is 2. The number of nitrogens with two attached hydrogens (primary N) is 1. The fourth-order valence-electron chi connectivity index (χ4n) is 2.98. The van der Waals surface area contributed by atoms with Crippen molar-refractivity contribution in [1.29, 1.82) is 0 Å². The number of fused-ring (bicyclic) bond motifs is 2. The molecule has 0 atom stereocenters. The molecule has 3 aromatic rings. The van der Waals surface area contributed by atoms with Gasteiger partial charge in [-0.3, -0.25) is 0 Å². The molecule has 1 aliphatic rings. The second-order valence-electron chi connectivity index (χ2n) is 5.89. The summed E-state index contributed by atoms with van der Waals surface area (Å²) in [4.78, 5) is 4.80. The number of hydrogen-bond acceptors (Lipinski definition) is 4. The van der Waals surface area contributed by atoms with Crippen molar-refractivity contribution in [1.82, 2.24) is 9.55 Å². The van der Waals surface area contributed by atoms with Gasteiger partial charge in [0.2, 0.25) is 0 Å². The molecular weight excluding hydrogens is 302 g/mol. The van der Waals surface area contributed by atoms with E-state index in [1.54, 1.807) is 0 Å². The van der Waals surface area contributed by atoms with Gasteiger partial charge < -0.3 is 19.8 Å². The van der Waals surface area contributed by atoms with Crippen molar-refractivity contribution in [3.63, 3.8) is 0 Å². The van der Waals surface area contributed by atoms with E-state index in [9.17, 15) is 0 Å². The lowest BCUT2D eigenvalue weighted by Crippen LogP contribution is -2.15. The molecule has 0 saturated carbocycles. The normalized spacial score (nSPS) is 13.2. The van der Waals surface area contributed by atoms with Gasteiger partial charge in [-0.15, -0.1) is 6.58 Å². The summed E-state index contributed by atoms with van der Waals surface area (Å²) in [6.45, 7) is 7.64. The highest BCUT2D eigenvalue weighted by molar-refractivity contribution is 5.84. The average Bonchev–Trinajstić information content (AvgIpc) is 2.93. The Morgan fingerprint density at radius 3 is 2.67 bits per heavy atom. The van der Waals surface area contributed by atoms with Crippen molar-refractivity contribution in [2.24, 2.45) is 0 Å². The topological polar surface area (TPSA) is 62.3 Å². The Hall–Kier alpha value is -2.95. The monoisotopic (exact) mass is 321 g/mol. The van der Waals surface area contributed by atoms with Crippen LogP contribution < -0.4 is 15.2 Å². The minimum absolute atomic E-state index is 0.563. The van der Waals surface area contributed by atoms with Crippen LogP contribution in [0.3, 0.4) is 0 Å². The molecule has 4 rings (SSSR count). The van der Waals surface area contributed by atoms with Crippen molar-refractivity contribution >= 4 is 16.7 Å². The molecule has 24 heavy (non-hydrogen) atoms. The average molecular weight is 321 g/mol. The molecule has 122 valence electrons. The highest BCUT2D eigenvalue weighted by atomic mass is 16.6. The van der Waals surface area contributed by atoms with Crippen molar-refractivity contribution < 1.29 is 9.47 Å². The van der Waals surface area contributed by atoms with Gasteiger partial charge in [0.1, 0.15) is 19.0 Å². The first kappa shape index (κ1) is 14.6. The predicted octanol–water partition coefficient (Wildman–Crippen LogP) is 3.55. The number of ether oxygens (including phenoxy) is 2. The number of benzene rings is 2. The van der Waals surface area contributed by atoms with Gasteiger partial charge in [0.25, 0.3) is 0 Å². The summed E-state index contributed by atoms with van der Waals surface area (Å²) in [5, 5.41) is 0. The van der Waals surface area contributed by atoms with Crippen LogP contribution in [0, 0.1) is 6.92 Å². The number of anilines is 1. The Morgan fingerprint density at radius 1 is 1.21 bits per heavy atom. The van der Waals surface area contributed by atoms with Crippen LogP contribution in [0.25, 0.3) is 22.4 Å². The van der Waals surface area contributed by atoms with E-state index in [-0.39, 0.29) is 0 Å². The summed E-state index contributed by atoms with van der Waals surface area (Å²) in [7, 11) is 0. The number of imidazole rings is 1. The molecule has 0 fully saturated rings. The second kappa shape index (κ2) is 5.60. The fraction of sp³-hybridized carbons (Fsp3) is 0.211. The van der Waals surface area contributed by atoms with Gasteiger partial charge >= 0.3 is 0 Å². The number of rotatable bonds is 3. The van der Waals surface area contributed by atoms with Crippen molar-refractivity contribution in [2.75, 3.05) is 18.9 Å². The zero-order valence-electron chi connectivity index (χ0n) is 13.6. The molecule has 0 aliphatic carbocycles. The van der Waals surface area contributed by atoms with Crippen molar-refractivity contribution in [3.8, 4) is 22.9 Å². The zero-order chi connectivity index (χ0) is 16.7. The first-order valence-corrected chi connectivity index (χ1v) is 7.94. The van der Waals surface area contributed by atoms with Crippen LogP contribution >= 0.6 is 0 Å². The van der Waals surface area contributed by atoms with E-state index in [4.69, 9.17) is 20.2 Å². The first-order valence-electron chi connectivity index (χ1n) is 7.94. The summed E-state index contributed by atoms with van der Waals surface area (Å²) >= 11 is 0. The van der Waals surface area contributed by atoms with E-state index in [1.807, 2.05) is 43.3 Å². The van der Waals surface area contributed by atoms with E-state index >= 15 is 0 Å². The largest absolute Gasteiger partial charge is 0.486 e. The maximum absolute atomic E-state index is 6.08. The second-order valence-corrected chi connectivity index (χ2v) is 5.89. The van der Waals surface area contributed by atoms with Gasteiger partial charge in [0.05, 0.1) is 11.0 Å². The van der Waals surface area contributed by atoms with Crippen LogP contribution in [0.4, 0.5) is 5.69 Å². The third-order valence-electron chi connectivity index (χ3n) is 4.26. The summed E-state index contributed by atoms with van der Waals surface area (Å²) in [5.74, 6) is 2.36. The quantitative estimate of drug-likeness (QED) is 0.592. The van der Waals surface area contributed by atoms with Gasteiger partial charge in [-0.2, -0.15) is 0 Å². The molecule has 2 heterocycles. The van der Waals surface area contributed by atoms with Crippen LogP contribution in [0.1, 0.15) is 5.56 Å². The highest BCUT2D eigenvalue weighted by Crippen LogP contribution is 2.36. The lowest BCUT2D eigenvalue weighted by atomic mass is 10.1. The number of aromatic nitrogens is 2. The Kier molecular flexibility index (Phi) is 3.41. The lowest BCUT2D eigenvalue weighted by molar-refractivity contribution is 0.172. The molecule has 0 unspecified atom stereocenters. The first-order chi connectivity index (χ1) is 11.7. The van der Waals surface area contributed by atoms with Gasteiger partial charge in [0, 0.05) is 29.9 Å². The summed E-state index contributed by atoms with van der Waals surface area (Å²) in [5.41, 5.74) is 10.7. The lowest BCUT2D eigenvalue weighted by Gasteiger charge is -2.18. The van der Waals surface area contributed by atoms with Crippen molar-refractivity contribution in [3.05, 3.63) is 48.6 Å². The fourth-order valence-corrected chi connectivity index (χ4v) is 2.98. The van der Waals surface area contributed by atoms with Gasteiger partial charge in [-0.05, 0) is 18.6 Å². The molecule has 0 bridgehead atoms. The van der Waals surface area contributed by atoms with E-state index < -0.39 is 0 Å². The van der Waals surface area contributed by atoms with Crippen LogP contribution in [-0.2, 0) is 6.54 Å². The molecule has 0 spiro atoms. The van der Waals surface area contributed by atoms with Gasteiger partial charge in [0.15, 0.2) is 11.5 Å². The number of allylic oxidation sites excluding steroid dienone is 1. The Morgan fingerprint density at radius 2 is 1.96 bits per heavy atom. The molecular formula is C19H19N3O2. The zero-order valence-corrected chi connectivity index (χ0v) is 13.6. The summed E-state index contributed by atoms with van der Waals surface area (Å²) in [6, 6.07) is 9.94. The maximum atomic E-state index is 6.08. The third-order valence-corrected chi connectivity index (χ3v) is 4.26. The van der Waals surface area contributed by atoms with Crippen LogP contribution in [0.5, 0.6) is 11.5 Å². The number of aryl methyl sites for hydroxylation is 1. The Labute approximate surface area is 140 Å². The number of nitrogen functional groups attached to an aromatic ring is 1. The Balaban J connectivity index is 1.95. The van der Waals surface area contributed by atoms with E-state index in [0.717, 1.165) is 45.2 Å². The predicted molar refractivity (Wildman–Crippen MR) is 95.5 cm³/mol. The van der Waals surface area contributed by atoms with Gasteiger partial charge in [-0.25, -0.2) is 4.98 Å². The molecule has 2 N–H and O–H groups in total. The van der Waals surface area contributed by atoms with E-state index in [0.29, 0.717) is 19.8 Å². The summed E-state index contributed by atoms with van der Waals surface area (Å²) in [6.07, 6.45) is 1.86. The minimum atomic E-state index is 0.563. The SMILES string of the molecule is C=CCn1c(-c2ccc(C)c(N)c2)nc2cc3c(cc21)OCCO3. The smallest absolute Gasteiger partial charge is 0.163 e. The van der Waals surface area contributed by atoms with Crippen LogP contribution in [0.15, 0.2) is 43.0 Å².